The Bertz CT molecular complexity index is 1130. The van der Waals surface area contributed by atoms with Crippen LogP contribution < -0.4 is 21.3 Å². The molecule has 33 heavy (non-hydrogen) atoms. The summed E-state index contributed by atoms with van der Waals surface area (Å²) in [6, 6.07) is 2.85. The highest BCUT2D eigenvalue weighted by Gasteiger charge is 2.26. The van der Waals surface area contributed by atoms with Gasteiger partial charge in [0, 0.05) is 47.4 Å². The molecule has 2 aliphatic carbocycles. The first-order valence-electron chi connectivity index (χ1n) is 11.4. The third kappa shape index (κ3) is 4.79. The fourth-order valence-corrected chi connectivity index (χ4v) is 4.41. The number of hydrogen-bond acceptors (Lipinski definition) is 7. The van der Waals surface area contributed by atoms with E-state index in [1.807, 2.05) is 12.1 Å². The molecule has 2 aromatic heterocycles. The van der Waals surface area contributed by atoms with Gasteiger partial charge >= 0.3 is 6.09 Å². The lowest BCUT2D eigenvalue weighted by Gasteiger charge is -2.29. The van der Waals surface area contributed by atoms with Crippen LogP contribution in [0.5, 0.6) is 0 Å². The maximum Gasteiger partial charge on any atom is 0.407 e. The summed E-state index contributed by atoms with van der Waals surface area (Å²) in [5, 5.41) is 17.3. The number of nitrogens with one attached hydrogen (secondary N) is 4. The molecule has 3 fully saturated rings. The zero-order chi connectivity index (χ0) is 22.9. The number of anilines is 2. The van der Waals surface area contributed by atoms with E-state index in [1.165, 1.54) is 7.11 Å². The minimum atomic E-state index is -0.378. The van der Waals surface area contributed by atoms with Gasteiger partial charge in [0.2, 0.25) is 0 Å². The van der Waals surface area contributed by atoms with Gasteiger partial charge in [-0.3, -0.25) is 4.79 Å². The monoisotopic (exact) mass is 451 g/mol. The average Bonchev–Trinajstić information content (AvgIpc) is 3.43. The number of aromatic nitrogens is 3. The molecule has 0 radical (unpaired) electrons. The van der Waals surface area contributed by atoms with E-state index in [0.29, 0.717) is 29.4 Å². The number of allylic oxidation sites excluding steroid dienone is 1. The van der Waals surface area contributed by atoms with Gasteiger partial charge in [-0.2, -0.15) is 9.61 Å². The first-order valence-corrected chi connectivity index (χ1v) is 11.4. The molecule has 0 atom stereocenters. The van der Waals surface area contributed by atoms with E-state index in [4.69, 9.17) is 9.72 Å². The van der Waals surface area contributed by atoms with Crippen molar-refractivity contribution in [1.29, 1.82) is 0 Å². The summed E-state index contributed by atoms with van der Waals surface area (Å²) in [5.41, 5.74) is 2.85. The number of carbonyl (C=O) groups excluding carboxylic acids is 2. The Labute approximate surface area is 191 Å². The Hall–Kier alpha value is -3.56. The quantitative estimate of drug-likeness (QED) is 0.498. The number of ether oxygens (including phenoxy) is 1. The Balaban J connectivity index is 1.37. The van der Waals surface area contributed by atoms with Crippen molar-refractivity contribution < 1.29 is 14.3 Å². The molecule has 3 heterocycles. The molecule has 0 spiro atoms. The zero-order valence-electron chi connectivity index (χ0n) is 18.7. The first-order chi connectivity index (χ1) is 16.0. The second kappa shape index (κ2) is 8.76. The molecule has 3 aliphatic rings. The number of carbonyl (C=O) groups is 2. The number of hydrogen-bond donors (Lipinski definition) is 4. The largest absolute Gasteiger partial charge is 0.453 e. The molecule has 4 N–H and O–H groups in total. The summed E-state index contributed by atoms with van der Waals surface area (Å²) in [6.07, 6.45) is 9.61. The molecule has 1 saturated heterocycles. The molecule has 174 valence electrons. The third-order valence-corrected chi connectivity index (χ3v) is 6.33. The second-order valence-corrected chi connectivity index (χ2v) is 9.01. The minimum absolute atomic E-state index is 0.123. The summed E-state index contributed by atoms with van der Waals surface area (Å²) in [4.78, 5) is 28.5. The second-order valence-electron chi connectivity index (χ2n) is 9.01. The van der Waals surface area contributed by atoms with Crippen LogP contribution in [0.4, 0.5) is 16.4 Å². The SMILES string of the molecule is C=C1C/C(=C\c2cnn3c(NC4CC4)cc(NC4CCC(NC(=O)OC)CC4)nc23)C(=O)N1. The highest BCUT2D eigenvalue weighted by Crippen LogP contribution is 2.29. The maximum atomic E-state index is 12.2. The number of rotatable bonds is 6. The smallest absolute Gasteiger partial charge is 0.407 e. The van der Waals surface area contributed by atoms with Crippen molar-refractivity contribution >= 4 is 35.4 Å². The topological polar surface area (TPSA) is 122 Å². The van der Waals surface area contributed by atoms with E-state index in [1.54, 1.807) is 10.7 Å². The van der Waals surface area contributed by atoms with E-state index in [2.05, 4.69) is 32.9 Å². The van der Waals surface area contributed by atoms with Crippen LogP contribution in [0.15, 0.2) is 30.1 Å². The molecule has 0 bridgehead atoms. The van der Waals surface area contributed by atoms with Gasteiger partial charge in [-0.25, -0.2) is 9.78 Å². The summed E-state index contributed by atoms with van der Waals surface area (Å²) in [7, 11) is 1.38. The predicted molar refractivity (Wildman–Crippen MR) is 125 cm³/mol. The minimum Gasteiger partial charge on any atom is -0.453 e. The number of alkyl carbamates (subject to hydrolysis) is 1. The van der Waals surface area contributed by atoms with Gasteiger partial charge in [-0.05, 0) is 44.6 Å². The summed E-state index contributed by atoms with van der Waals surface area (Å²) in [5.74, 6) is 1.54. The summed E-state index contributed by atoms with van der Waals surface area (Å²) < 4.78 is 6.50. The van der Waals surface area contributed by atoms with Crippen LogP contribution in [0.25, 0.3) is 11.7 Å². The van der Waals surface area contributed by atoms with E-state index >= 15 is 0 Å². The molecule has 10 nitrogen and oxygen atoms in total. The van der Waals surface area contributed by atoms with Crippen molar-refractivity contribution in [3.63, 3.8) is 0 Å². The van der Waals surface area contributed by atoms with Gasteiger partial charge < -0.3 is 26.0 Å². The number of amides is 2. The van der Waals surface area contributed by atoms with Crippen molar-refractivity contribution in [2.75, 3.05) is 17.7 Å². The van der Waals surface area contributed by atoms with Crippen LogP contribution in [0.2, 0.25) is 0 Å². The van der Waals surface area contributed by atoms with Crippen LogP contribution in [-0.2, 0) is 9.53 Å². The molecule has 10 heteroatoms. The predicted octanol–water partition coefficient (Wildman–Crippen LogP) is 2.80. The van der Waals surface area contributed by atoms with Crippen molar-refractivity contribution in [1.82, 2.24) is 25.2 Å². The highest BCUT2D eigenvalue weighted by atomic mass is 16.5. The Morgan fingerprint density at radius 1 is 1.18 bits per heavy atom. The summed E-state index contributed by atoms with van der Waals surface area (Å²) >= 11 is 0. The number of fused-ring (bicyclic) bond motifs is 1. The highest BCUT2D eigenvalue weighted by molar-refractivity contribution is 6.02. The van der Waals surface area contributed by atoms with Gasteiger partial charge in [-0.15, -0.1) is 0 Å². The lowest BCUT2D eigenvalue weighted by Crippen LogP contribution is -2.40. The van der Waals surface area contributed by atoms with E-state index in [0.717, 1.165) is 55.7 Å². The van der Waals surface area contributed by atoms with Gasteiger partial charge in [0.05, 0.1) is 13.3 Å². The number of nitrogens with zero attached hydrogens (tertiary/aromatic N) is 3. The molecule has 2 saturated carbocycles. The van der Waals surface area contributed by atoms with Crippen LogP contribution in [-0.4, -0.2) is 51.8 Å². The third-order valence-electron chi connectivity index (χ3n) is 6.33. The summed E-state index contributed by atoms with van der Waals surface area (Å²) in [6.45, 7) is 3.85. The molecule has 2 aromatic rings. The van der Waals surface area contributed by atoms with Crippen molar-refractivity contribution in [2.45, 2.75) is 63.1 Å². The normalized spacial score (nSPS) is 24.1. The average molecular weight is 452 g/mol. The van der Waals surface area contributed by atoms with Crippen LogP contribution in [0.3, 0.4) is 0 Å². The van der Waals surface area contributed by atoms with Gasteiger partial charge in [0.25, 0.3) is 5.91 Å². The Kier molecular flexibility index (Phi) is 5.65. The van der Waals surface area contributed by atoms with E-state index < -0.39 is 0 Å². The zero-order valence-corrected chi connectivity index (χ0v) is 18.7. The molecule has 0 unspecified atom stereocenters. The first kappa shape index (κ1) is 21.3. The number of methoxy groups -OCH3 is 1. The molecular weight excluding hydrogens is 422 g/mol. The molecule has 1 aliphatic heterocycles. The lowest BCUT2D eigenvalue weighted by atomic mass is 9.91. The van der Waals surface area contributed by atoms with Crippen molar-refractivity contribution in [3.8, 4) is 0 Å². The van der Waals surface area contributed by atoms with E-state index in [9.17, 15) is 9.59 Å². The molecule has 5 rings (SSSR count). The van der Waals surface area contributed by atoms with Crippen molar-refractivity contribution in [2.24, 2.45) is 0 Å². The van der Waals surface area contributed by atoms with Gasteiger partial charge in [-0.1, -0.05) is 6.58 Å². The maximum absolute atomic E-state index is 12.2. The Morgan fingerprint density at radius 3 is 2.55 bits per heavy atom. The van der Waals surface area contributed by atoms with Gasteiger partial charge in [0.1, 0.15) is 11.6 Å². The standard InChI is InChI=1S/C23H29N7O3/c1-13-9-14(22(31)25-13)10-15-12-24-30-20(27-17-5-6-17)11-19(29-21(15)30)26-16-3-7-18(8-4-16)28-23(32)33-2/h10-12,16-18,27H,1,3-9H2,2H3,(H,25,31)(H,26,29)(H,28,32)/b14-10+. The lowest BCUT2D eigenvalue weighted by molar-refractivity contribution is -0.115. The van der Waals surface area contributed by atoms with Crippen molar-refractivity contribution in [3.05, 3.63) is 35.7 Å². The fourth-order valence-electron chi connectivity index (χ4n) is 4.41. The molecule has 2 amide bonds. The van der Waals surface area contributed by atoms with Crippen LogP contribution >= 0.6 is 0 Å². The van der Waals surface area contributed by atoms with E-state index in [-0.39, 0.29) is 24.1 Å². The van der Waals surface area contributed by atoms with Crippen LogP contribution in [0, 0.1) is 0 Å². The Morgan fingerprint density at radius 2 is 1.88 bits per heavy atom. The molecule has 0 aromatic carbocycles. The molecular formula is C23H29N7O3. The van der Waals surface area contributed by atoms with Gasteiger partial charge in [0.15, 0.2) is 5.65 Å². The van der Waals surface area contributed by atoms with Crippen LogP contribution in [0.1, 0.15) is 50.5 Å². The fraction of sp³-hybridized carbons (Fsp3) is 0.478.